The van der Waals surface area contributed by atoms with Crippen LogP contribution in [0.25, 0.3) is 0 Å². The van der Waals surface area contributed by atoms with Crippen molar-refractivity contribution < 1.29 is 38.7 Å². The van der Waals surface area contributed by atoms with Crippen LogP contribution in [-0.4, -0.2) is 113 Å². The standard InChI is InChI=1S/C28H46N4O4.C27H42ClN3O4/c1-6-9-20(32-26(34)23-10-7-13-35-23)22(33)17-30-21-16-28(11-8-12-28)36-24-19(21)14-18(15-27(2,3)4)31-25(24)29-5;1-5-8-19(31-25(33)22-9-6-12-34-22)21(32)16-29-20-15-27(10-7-11-27)35-23-18(20)13-17(30-24(23)28)14-26(2,3)4/h14,20-23,30,33H,6-13,15-17H2,1-5H3,(H,29,31)(H,32,34);13,19-22,29,32H,5-12,14-16H2,1-4H3,(H,31,33)/t20-,21-,22+,23?;19-,20-,21+,22?/m00/s1. The van der Waals surface area contributed by atoms with Crippen LogP contribution in [0.2, 0.25) is 5.15 Å². The molecule has 6 aliphatic rings. The number of aromatic nitrogens is 2. The normalized spacial score (nSPS) is 24.6. The molecule has 4 aliphatic heterocycles. The van der Waals surface area contributed by atoms with Gasteiger partial charge in [0.2, 0.25) is 11.8 Å². The largest absolute Gasteiger partial charge is 0.484 e. The molecule has 2 saturated heterocycles. The number of aliphatic hydroxyl groups excluding tert-OH is 2. The van der Waals surface area contributed by atoms with Gasteiger partial charge in [0.1, 0.15) is 23.4 Å². The van der Waals surface area contributed by atoms with E-state index in [2.05, 4.69) is 99.1 Å². The Kier molecular flexibility index (Phi) is 18.7. The Balaban J connectivity index is 0.000000209. The molecule has 398 valence electrons. The summed E-state index contributed by atoms with van der Waals surface area (Å²) in [4.78, 5) is 34.8. The van der Waals surface area contributed by atoms with Gasteiger partial charge >= 0.3 is 0 Å². The molecule has 16 heteroatoms. The van der Waals surface area contributed by atoms with E-state index in [-0.39, 0.29) is 64.1 Å². The van der Waals surface area contributed by atoms with E-state index < -0.39 is 18.3 Å². The Labute approximate surface area is 429 Å². The SMILES string of the molecule is CCC[C@H](NC(=O)C1CCCO1)[C@H](O)CN[C@H]1CC2(CCC2)Oc2c1cc(CC(C)(C)C)nc2Cl.CCC[C@H](NC(=O)C1CCCO1)[C@H](O)CN[C@H]1CC2(CCC2)Oc2c1cc(CC(C)(C)C)nc2NC. The van der Waals surface area contributed by atoms with E-state index in [0.29, 0.717) is 43.6 Å². The molecule has 71 heavy (non-hydrogen) atoms. The summed E-state index contributed by atoms with van der Waals surface area (Å²) in [7, 11) is 1.90. The fraction of sp³-hybridized carbons (Fsp3) is 0.782. The number of carbonyl (C=O) groups excluding carboxylic acids is 2. The second kappa shape index (κ2) is 23.9. The molecule has 7 N–H and O–H groups in total. The maximum absolute atomic E-state index is 12.7. The van der Waals surface area contributed by atoms with Gasteiger partial charge in [-0.25, -0.2) is 9.97 Å². The number of hydrogen-bond acceptors (Lipinski definition) is 13. The van der Waals surface area contributed by atoms with Crippen LogP contribution in [0.5, 0.6) is 11.5 Å². The van der Waals surface area contributed by atoms with Crippen molar-refractivity contribution in [3.8, 4) is 11.5 Å². The number of halogens is 1. The summed E-state index contributed by atoms with van der Waals surface area (Å²) in [6, 6.07) is 3.72. The maximum Gasteiger partial charge on any atom is 0.249 e. The highest BCUT2D eigenvalue weighted by molar-refractivity contribution is 6.31. The molecule has 2 aliphatic carbocycles. The van der Waals surface area contributed by atoms with Crippen LogP contribution in [0.4, 0.5) is 5.82 Å². The quantitative estimate of drug-likeness (QED) is 0.0664. The number of fused-ring (bicyclic) bond motifs is 2. The molecule has 15 nitrogen and oxygen atoms in total. The number of amides is 2. The summed E-state index contributed by atoms with van der Waals surface area (Å²) in [5.74, 6) is 2.09. The first-order chi connectivity index (χ1) is 33.7. The summed E-state index contributed by atoms with van der Waals surface area (Å²) in [5, 5.41) is 39.3. The lowest BCUT2D eigenvalue weighted by molar-refractivity contribution is -0.132. The number of pyridine rings is 2. The van der Waals surface area contributed by atoms with E-state index in [4.69, 9.17) is 35.5 Å². The van der Waals surface area contributed by atoms with E-state index in [1.165, 1.54) is 6.42 Å². The molecule has 8 rings (SSSR count). The number of carbonyl (C=O) groups is 2. The van der Waals surface area contributed by atoms with Crippen LogP contribution in [0.3, 0.4) is 0 Å². The Morgan fingerprint density at radius 2 is 1.14 bits per heavy atom. The van der Waals surface area contributed by atoms with Crippen LogP contribution < -0.4 is 36.1 Å². The van der Waals surface area contributed by atoms with Gasteiger partial charge in [0.15, 0.2) is 22.5 Å². The van der Waals surface area contributed by atoms with Crippen molar-refractivity contribution >= 4 is 29.2 Å². The fourth-order valence-corrected chi connectivity index (χ4v) is 11.5. The molecule has 2 unspecified atom stereocenters. The van der Waals surface area contributed by atoms with E-state index in [9.17, 15) is 19.8 Å². The molecule has 0 aromatic carbocycles. The summed E-state index contributed by atoms with van der Waals surface area (Å²) in [5.41, 5.74) is 3.95. The van der Waals surface area contributed by atoms with Gasteiger partial charge in [-0.1, -0.05) is 79.8 Å². The van der Waals surface area contributed by atoms with Crippen molar-refractivity contribution in [2.24, 2.45) is 10.8 Å². The number of ether oxygens (including phenoxy) is 4. The molecule has 2 aromatic rings. The van der Waals surface area contributed by atoms with Gasteiger partial charge in [0.05, 0.1) is 24.3 Å². The molecule has 2 amide bonds. The fourth-order valence-electron chi connectivity index (χ4n) is 11.2. The van der Waals surface area contributed by atoms with Crippen molar-refractivity contribution in [3.05, 3.63) is 39.8 Å². The van der Waals surface area contributed by atoms with Gasteiger partial charge in [-0.3, -0.25) is 9.59 Å². The van der Waals surface area contributed by atoms with Crippen molar-refractivity contribution in [2.45, 2.75) is 231 Å². The van der Waals surface area contributed by atoms with Gasteiger partial charge in [0, 0.05) is 80.8 Å². The molecule has 0 radical (unpaired) electrons. The highest BCUT2D eigenvalue weighted by atomic mass is 35.5. The maximum atomic E-state index is 12.7. The van der Waals surface area contributed by atoms with Gasteiger partial charge in [0.25, 0.3) is 0 Å². The third-order valence-corrected chi connectivity index (χ3v) is 15.4. The molecule has 0 bridgehead atoms. The summed E-state index contributed by atoms with van der Waals surface area (Å²) >= 11 is 6.65. The number of nitrogens with zero attached hydrogens (tertiary/aromatic N) is 2. The lowest BCUT2D eigenvalue weighted by atomic mass is 9.72. The van der Waals surface area contributed by atoms with Gasteiger partial charge in [-0.2, -0.15) is 0 Å². The minimum atomic E-state index is -0.713. The van der Waals surface area contributed by atoms with Crippen molar-refractivity contribution in [1.82, 2.24) is 31.2 Å². The van der Waals surface area contributed by atoms with Crippen LogP contribution in [-0.2, 0) is 31.9 Å². The molecule has 6 heterocycles. The van der Waals surface area contributed by atoms with Gasteiger partial charge < -0.3 is 55.7 Å². The van der Waals surface area contributed by atoms with Crippen LogP contribution in [0.15, 0.2) is 12.1 Å². The van der Waals surface area contributed by atoms with E-state index in [0.717, 1.165) is 137 Å². The zero-order valence-corrected chi connectivity index (χ0v) is 45.2. The number of nitrogens with one attached hydrogen (secondary N) is 5. The highest BCUT2D eigenvalue weighted by Crippen LogP contribution is 2.52. The van der Waals surface area contributed by atoms with Gasteiger partial charge in [-0.15, -0.1) is 0 Å². The second-order valence-corrected chi connectivity index (χ2v) is 24.3. The first kappa shape index (κ1) is 55.4. The zero-order valence-electron chi connectivity index (χ0n) is 44.4. The van der Waals surface area contributed by atoms with E-state index in [1.807, 2.05) is 7.05 Å². The monoisotopic (exact) mass is 1010 g/mol. The Hall–Kier alpha value is -3.31. The van der Waals surface area contributed by atoms with Crippen LogP contribution >= 0.6 is 11.6 Å². The molecular weight excluding hydrogens is 922 g/mol. The Morgan fingerprint density at radius 3 is 1.52 bits per heavy atom. The third kappa shape index (κ3) is 14.5. The average molecular weight is 1010 g/mol. The van der Waals surface area contributed by atoms with Crippen molar-refractivity contribution in [1.29, 1.82) is 0 Å². The second-order valence-electron chi connectivity index (χ2n) is 24.0. The first-order valence-electron chi connectivity index (χ1n) is 27.2. The minimum Gasteiger partial charge on any atom is -0.484 e. The Morgan fingerprint density at radius 1 is 0.704 bits per heavy atom. The number of hydrogen-bond donors (Lipinski definition) is 7. The smallest absolute Gasteiger partial charge is 0.249 e. The molecular formula is C55H88ClN7O8. The molecule has 2 saturated carbocycles. The first-order valence-corrected chi connectivity index (χ1v) is 27.6. The Bertz CT molecular complexity index is 2090. The molecule has 4 fully saturated rings. The van der Waals surface area contributed by atoms with Gasteiger partial charge in [-0.05, 0) is 113 Å². The van der Waals surface area contributed by atoms with Crippen LogP contribution in [0, 0.1) is 10.8 Å². The zero-order chi connectivity index (χ0) is 51.1. The van der Waals surface area contributed by atoms with Crippen molar-refractivity contribution in [3.63, 3.8) is 0 Å². The predicted octanol–water partition coefficient (Wildman–Crippen LogP) is 8.36. The average Bonchev–Trinajstić information content (AvgIpc) is 4.04. The molecule has 2 spiro atoms. The summed E-state index contributed by atoms with van der Waals surface area (Å²) in [6.45, 7) is 19.4. The predicted molar refractivity (Wildman–Crippen MR) is 278 cm³/mol. The highest BCUT2D eigenvalue weighted by Gasteiger charge is 2.48. The minimum absolute atomic E-state index is 0.00376. The van der Waals surface area contributed by atoms with Crippen molar-refractivity contribution in [2.75, 3.05) is 38.7 Å². The number of rotatable bonds is 19. The lowest BCUT2D eigenvalue weighted by Gasteiger charge is -2.48. The van der Waals surface area contributed by atoms with E-state index in [1.54, 1.807) is 0 Å². The number of aliphatic hydroxyl groups is 2. The summed E-state index contributed by atoms with van der Waals surface area (Å²) < 4.78 is 24.1. The van der Waals surface area contributed by atoms with E-state index >= 15 is 0 Å². The topological polar surface area (TPSA) is 197 Å². The summed E-state index contributed by atoms with van der Waals surface area (Å²) in [6.07, 6.45) is 14.1. The molecule has 2 aromatic heterocycles. The molecule has 8 atom stereocenters. The third-order valence-electron chi connectivity index (χ3n) is 15.2. The number of anilines is 1. The van der Waals surface area contributed by atoms with Crippen LogP contribution in [0.1, 0.15) is 193 Å². The lowest BCUT2D eigenvalue weighted by Crippen LogP contribution is -2.52.